The lowest BCUT2D eigenvalue weighted by Crippen LogP contribution is -2.29. The molecule has 1 unspecified atom stereocenters. The summed E-state index contributed by atoms with van der Waals surface area (Å²) in [6, 6.07) is 3.80. The van der Waals surface area contributed by atoms with Crippen LogP contribution in [-0.2, 0) is 0 Å². The van der Waals surface area contributed by atoms with Gasteiger partial charge in [-0.3, -0.25) is 0 Å². The molecule has 2 heterocycles. The Hall–Kier alpha value is -1.58. The zero-order valence-electron chi connectivity index (χ0n) is 10.3. The molecule has 0 aliphatic carbocycles. The highest BCUT2D eigenvalue weighted by Gasteiger charge is 2.24. The summed E-state index contributed by atoms with van der Waals surface area (Å²) in [4.78, 5) is 17.7. The van der Waals surface area contributed by atoms with Gasteiger partial charge in [-0.15, -0.1) is 0 Å². The maximum absolute atomic E-state index is 11.0. The van der Waals surface area contributed by atoms with Crippen LogP contribution in [0.15, 0.2) is 12.1 Å². The molecule has 1 aliphatic rings. The molecule has 0 saturated carbocycles. The van der Waals surface area contributed by atoms with Crippen molar-refractivity contribution in [1.29, 1.82) is 0 Å². The van der Waals surface area contributed by atoms with Gasteiger partial charge in [-0.25, -0.2) is 9.78 Å². The largest absolute Gasteiger partial charge is 0.478 e. The van der Waals surface area contributed by atoms with E-state index in [2.05, 4.69) is 16.8 Å². The Balaban J connectivity index is 2.34. The molecule has 1 aromatic heterocycles. The third-order valence-electron chi connectivity index (χ3n) is 3.33. The predicted molar refractivity (Wildman–Crippen MR) is 66.6 cm³/mol. The Labute approximate surface area is 101 Å². The van der Waals surface area contributed by atoms with E-state index in [1.54, 1.807) is 12.1 Å². The number of carbonyl (C=O) groups is 1. The second-order valence-corrected chi connectivity index (χ2v) is 4.56. The molecule has 0 amide bonds. The van der Waals surface area contributed by atoms with Crippen molar-refractivity contribution in [2.24, 2.45) is 0 Å². The van der Waals surface area contributed by atoms with E-state index in [-0.39, 0.29) is 0 Å². The van der Waals surface area contributed by atoms with Gasteiger partial charge in [0.25, 0.3) is 0 Å². The second kappa shape index (κ2) is 4.73. The van der Waals surface area contributed by atoms with Crippen molar-refractivity contribution in [3.63, 3.8) is 0 Å². The van der Waals surface area contributed by atoms with Crippen molar-refractivity contribution in [2.75, 3.05) is 11.4 Å². The lowest BCUT2D eigenvalue weighted by atomic mass is 10.1. The standard InChI is InChI=1S/C13H18N2O2/c1-3-11-5-4-6-15(11)12-8-10(13(16)17)7-9(2)14-12/h7-8,11H,3-6H2,1-2H3,(H,16,17). The van der Waals surface area contributed by atoms with Gasteiger partial charge in [-0.1, -0.05) is 6.92 Å². The van der Waals surface area contributed by atoms with Crippen LogP contribution in [0.1, 0.15) is 42.2 Å². The summed E-state index contributed by atoms with van der Waals surface area (Å²) in [6.07, 6.45) is 3.42. The molecule has 1 saturated heterocycles. The predicted octanol–water partition coefficient (Wildman–Crippen LogP) is 2.47. The van der Waals surface area contributed by atoms with Crippen LogP contribution in [0.25, 0.3) is 0 Å². The highest BCUT2D eigenvalue weighted by Crippen LogP contribution is 2.26. The third kappa shape index (κ3) is 2.40. The van der Waals surface area contributed by atoms with Crippen molar-refractivity contribution in [1.82, 2.24) is 4.98 Å². The van der Waals surface area contributed by atoms with E-state index in [4.69, 9.17) is 5.11 Å². The van der Waals surface area contributed by atoms with Crippen LogP contribution in [0, 0.1) is 6.92 Å². The van der Waals surface area contributed by atoms with Crippen molar-refractivity contribution in [3.8, 4) is 0 Å². The summed E-state index contributed by atoms with van der Waals surface area (Å²) in [6.45, 7) is 4.98. The Kier molecular flexibility index (Phi) is 3.31. The first-order chi connectivity index (χ1) is 8.11. The maximum Gasteiger partial charge on any atom is 0.335 e. The maximum atomic E-state index is 11.0. The lowest BCUT2D eigenvalue weighted by Gasteiger charge is -2.25. The molecule has 4 nitrogen and oxygen atoms in total. The molecule has 1 atom stereocenters. The Bertz CT molecular complexity index is 431. The van der Waals surface area contributed by atoms with Crippen LogP contribution in [-0.4, -0.2) is 28.6 Å². The van der Waals surface area contributed by atoms with Gasteiger partial charge < -0.3 is 10.0 Å². The first kappa shape index (κ1) is 11.9. The molecule has 0 spiro atoms. The molecule has 1 aromatic rings. The number of pyridine rings is 1. The van der Waals surface area contributed by atoms with Crippen molar-refractivity contribution >= 4 is 11.8 Å². The molecule has 0 aromatic carbocycles. The summed E-state index contributed by atoms with van der Waals surface area (Å²) >= 11 is 0. The number of aryl methyl sites for hydroxylation is 1. The number of carboxylic acid groups (broad SMARTS) is 1. The Morgan fingerprint density at radius 2 is 2.35 bits per heavy atom. The molecule has 92 valence electrons. The zero-order valence-corrected chi connectivity index (χ0v) is 10.3. The number of nitrogens with zero attached hydrogens (tertiary/aromatic N) is 2. The van der Waals surface area contributed by atoms with Crippen LogP contribution in [0.4, 0.5) is 5.82 Å². The number of anilines is 1. The number of rotatable bonds is 3. The minimum Gasteiger partial charge on any atom is -0.478 e. The molecule has 1 N–H and O–H groups in total. The van der Waals surface area contributed by atoms with E-state index in [0.717, 1.165) is 30.9 Å². The molecule has 2 rings (SSSR count). The smallest absolute Gasteiger partial charge is 0.335 e. The molecular formula is C13H18N2O2. The number of hydrogen-bond donors (Lipinski definition) is 1. The Morgan fingerprint density at radius 3 is 3.00 bits per heavy atom. The number of aromatic carboxylic acids is 1. The average Bonchev–Trinajstić information content (AvgIpc) is 2.76. The minimum atomic E-state index is -0.885. The van der Waals surface area contributed by atoms with E-state index in [1.165, 1.54) is 6.42 Å². The highest BCUT2D eigenvalue weighted by atomic mass is 16.4. The molecular weight excluding hydrogens is 216 g/mol. The molecule has 17 heavy (non-hydrogen) atoms. The van der Waals surface area contributed by atoms with Crippen LogP contribution in [0.5, 0.6) is 0 Å². The molecule has 0 radical (unpaired) electrons. The summed E-state index contributed by atoms with van der Waals surface area (Å²) in [5, 5.41) is 9.05. The fourth-order valence-corrected chi connectivity index (χ4v) is 2.48. The lowest BCUT2D eigenvalue weighted by molar-refractivity contribution is 0.0696. The van der Waals surface area contributed by atoms with Crippen LogP contribution < -0.4 is 4.90 Å². The summed E-state index contributed by atoms with van der Waals surface area (Å²) in [7, 11) is 0. The first-order valence-electron chi connectivity index (χ1n) is 6.10. The second-order valence-electron chi connectivity index (χ2n) is 4.56. The molecule has 4 heteroatoms. The van der Waals surface area contributed by atoms with Crippen molar-refractivity contribution in [3.05, 3.63) is 23.4 Å². The number of aromatic nitrogens is 1. The van der Waals surface area contributed by atoms with Crippen LogP contribution in [0.2, 0.25) is 0 Å². The van der Waals surface area contributed by atoms with Gasteiger partial charge in [-0.05, 0) is 38.3 Å². The van der Waals surface area contributed by atoms with Crippen LogP contribution in [0.3, 0.4) is 0 Å². The van der Waals surface area contributed by atoms with E-state index in [0.29, 0.717) is 11.6 Å². The van der Waals surface area contributed by atoms with E-state index in [1.807, 2.05) is 6.92 Å². The summed E-state index contributed by atoms with van der Waals surface area (Å²) in [5.41, 5.74) is 1.09. The summed E-state index contributed by atoms with van der Waals surface area (Å²) < 4.78 is 0. The summed E-state index contributed by atoms with van der Waals surface area (Å²) in [5.74, 6) is -0.0734. The average molecular weight is 234 g/mol. The van der Waals surface area contributed by atoms with Crippen molar-refractivity contribution < 1.29 is 9.90 Å². The fraction of sp³-hybridized carbons (Fsp3) is 0.538. The first-order valence-corrected chi connectivity index (χ1v) is 6.10. The number of hydrogen-bond acceptors (Lipinski definition) is 3. The Morgan fingerprint density at radius 1 is 1.59 bits per heavy atom. The molecule has 1 aliphatic heterocycles. The van der Waals surface area contributed by atoms with Gasteiger partial charge in [0, 0.05) is 18.3 Å². The topological polar surface area (TPSA) is 53.4 Å². The normalized spacial score (nSPS) is 19.6. The van der Waals surface area contributed by atoms with Gasteiger partial charge in [0.2, 0.25) is 0 Å². The van der Waals surface area contributed by atoms with Crippen molar-refractivity contribution in [2.45, 2.75) is 39.2 Å². The third-order valence-corrected chi connectivity index (χ3v) is 3.33. The van der Waals surface area contributed by atoms with E-state index >= 15 is 0 Å². The van der Waals surface area contributed by atoms with Gasteiger partial charge >= 0.3 is 5.97 Å². The molecule has 0 bridgehead atoms. The zero-order chi connectivity index (χ0) is 12.4. The quantitative estimate of drug-likeness (QED) is 0.872. The minimum absolute atomic E-state index is 0.328. The highest BCUT2D eigenvalue weighted by molar-refractivity contribution is 5.88. The monoisotopic (exact) mass is 234 g/mol. The van der Waals surface area contributed by atoms with Crippen LogP contribution >= 0.6 is 0 Å². The van der Waals surface area contributed by atoms with Gasteiger partial charge in [-0.2, -0.15) is 0 Å². The fourth-order valence-electron chi connectivity index (χ4n) is 2.48. The van der Waals surface area contributed by atoms with Gasteiger partial charge in [0.1, 0.15) is 5.82 Å². The van der Waals surface area contributed by atoms with Gasteiger partial charge in [0.05, 0.1) is 5.56 Å². The van der Waals surface area contributed by atoms with E-state index < -0.39 is 5.97 Å². The van der Waals surface area contributed by atoms with E-state index in [9.17, 15) is 4.79 Å². The number of carboxylic acids is 1. The van der Waals surface area contributed by atoms with Gasteiger partial charge in [0.15, 0.2) is 0 Å². The molecule has 1 fully saturated rings. The SMILES string of the molecule is CCC1CCCN1c1cc(C(=O)O)cc(C)n1.